The molecule has 0 spiro atoms. The molecule has 2 aliphatic heterocycles. The van der Waals surface area contributed by atoms with E-state index in [1.54, 1.807) is 0 Å². The Labute approximate surface area is 137 Å². The zero-order valence-electron chi connectivity index (χ0n) is 13.8. The van der Waals surface area contributed by atoms with Crippen LogP contribution >= 0.6 is 0 Å². The smallest absolute Gasteiger partial charge is 0.240 e. The van der Waals surface area contributed by atoms with Crippen LogP contribution in [-0.2, 0) is 4.79 Å². The third kappa shape index (κ3) is 4.32. The number of piperidine rings is 1. The summed E-state index contributed by atoms with van der Waals surface area (Å²) in [6.45, 7) is 6.16. The van der Waals surface area contributed by atoms with Crippen molar-refractivity contribution in [2.45, 2.75) is 32.6 Å². The standard InChI is InChI=1S/C18H25N3O2/c1-14-13-17(22)19-20-18(14)15-5-7-16(8-6-15)23-12-11-21-9-3-2-4-10-21/h5-8,14H,2-4,9-13H2,1H3,(H,19,22). The normalized spacial score (nSPS) is 22.4. The van der Waals surface area contributed by atoms with Gasteiger partial charge in [-0.1, -0.05) is 13.3 Å². The van der Waals surface area contributed by atoms with Gasteiger partial charge < -0.3 is 4.74 Å². The topological polar surface area (TPSA) is 53.9 Å². The van der Waals surface area contributed by atoms with Crippen LogP contribution in [0, 0.1) is 5.92 Å². The van der Waals surface area contributed by atoms with Crippen molar-refractivity contribution in [3.63, 3.8) is 0 Å². The maximum Gasteiger partial charge on any atom is 0.240 e. The summed E-state index contributed by atoms with van der Waals surface area (Å²) in [5.74, 6) is 1.02. The van der Waals surface area contributed by atoms with Crippen LogP contribution in [0.15, 0.2) is 29.4 Å². The maximum atomic E-state index is 11.3. The summed E-state index contributed by atoms with van der Waals surface area (Å²) in [5.41, 5.74) is 4.54. The molecule has 124 valence electrons. The largest absolute Gasteiger partial charge is 0.492 e. The summed E-state index contributed by atoms with van der Waals surface area (Å²) in [7, 11) is 0. The van der Waals surface area contributed by atoms with Gasteiger partial charge in [0, 0.05) is 18.9 Å². The SMILES string of the molecule is CC1CC(=O)NN=C1c1ccc(OCCN2CCCCC2)cc1. The molecule has 1 aromatic carbocycles. The number of hydrogen-bond donors (Lipinski definition) is 1. The summed E-state index contributed by atoms with van der Waals surface area (Å²) in [4.78, 5) is 13.8. The number of amides is 1. The predicted octanol–water partition coefficient (Wildman–Crippen LogP) is 2.41. The minimum Gasteiger partial charge on any atom is -0.492 e. The van der Waals surface area contributed by atoms with Crippen LogP contribution in [0.3, 0.4) is 0 Å². The van der Waals surface area contributed by atoms with Crippen LogP contribution in [0.2, 0.25) is 0 Å². The van der Waals surface area contributed by atoms with Crippen molar-refractivity contribution in [1.29, 1.82) is 0 Å². The van der Waals surface area contributed by atoms with E-state index in [4.69, 9.17) is 4.74 Å². The molecule has 3 rings (SSSR count). The van der Waals surface area contributed by atoms with Gasteiger partial charge in [0.1, 0.15) is 12.4 Å². The molecule has 0 saturated carbocycles. The number of nitrogens with one attached hydrogen (secondary N) is 1. The summed E-state index contributed by atoms with van der Waals surface area (Å²) in [6, 6.07) is 8.00. The van der Waals surface area contributed by atoms with Crippen molar-refractivity contribution in [3.05, 3.63) is 29.8 Å². The van der Waals surface area contributed by atoms with Crippen LogP contribution in [0.1, 0.15) is 38.2 Å². The van der Waals surface area contributed by atoms with Crippen molar-refractivity contribution < 1.29 is 9.53 Å². The maximum absolute atomic E-state index is 11.3. The van der Waals surface area contributed by atoms with Gasteiger partial charge in [0.05, 0.1) is 5.71 Å². The lowest BCUT2D eigenvalue weighted by molar-refractivity contribution is -0.121. The molecule has 2 aliphatic rings. The molecule has 23 heavy (non-hydrogen) atoms. The predicted molar refractivity (Wildman–Crippen MR) is 90.7 cm³/mol. The first-order valence-electron chi connectivity index (χ1n) is 8.54. The van der Waals surface area contributed by atoms with Crippen LogP contribution in [0.25, 0.3) is 0 Å². The number of carbonyl (C=O) groups excluding carboxylic acids is 1. The number of hydrazone groups is 1. The third-order valence-electron chi connectivity index (χ3n) is 4.53. The molecular weight excluding hydrogens is 290 g/mol. The van der Waals surface area contributed by atoms with Crippen LogP contribution in [-0.4, -0.2) is 42.8 Å². The van der Waals surface area contributed by atoms with Gasteiger partial charge >= 0.3 is 0 Å². The van der Waals surface area contributed by atoms with E-state index in [0.717, 1.165) is 30.2 Å². The Balaban J connectivity index is 1.52. The minimum absolute atomic E-state index is 0.0149. The number of nitrogens with zero attached hydrogens (tertiary/aromatic N) is 2. The van der Waals surface area contributed by atoms with Crippen molar-refractivity contribution in [3.8, 4) is 5.75 Å². The first-order chi connectivity index (χ1) is 11.2. The molecule has 1 N–H and O–H groups in total. The second kappa shape index (κ2) is 7.59. The molecule has 2 heterocycles. The molecule has 1 amide bonds. The second-order valence-corrected chi connectivity index (χ2v) is 6.41. The lowest BCUT2D eigenvalue weighted by Crippen LogP contribution is -2.33. The highest BCUT2D eigenvalue weighted by Crippen LogP contribution is 2.19. The number of likely N-dealkylation sites (tertiary alicyclic amines) is 1. The van der Waals surface area contributed by atoms with Crippen LogP contribution in [0.5, 0.6) is 5.75 Å². The molecule has 1 saturated heterocycles. The van der Waals surface area contributed by atoms with Gasteiger partial charge in [-0.2, -0.15) is 5.10 Å². The molecule has 0 radical (unpaired) electrons. The van der Waals surface area contributed by atoms with E-state index in [1.807, 2.05) is 31.2 Å². The van der Waals surface area contributed by atoms with Gasteiger partial charge in [-0.3, -0.25) is 9.69 Å². The average Bonchev–Trinajstić information content (AvgIpc) is 2.57. The Bertz CT molecular complexity index is 562. The van der Waals surface area contributed by atoms with Gasteiger partial charge in [0.15, 0.2) is 0 Å². The van der Waals surface area contributed by atoms with Crippen molar-refractivity contribution in [2.24, 2.45) is 11.0 Å². The van der Waals surface area contributed by atoms with Crippen LogP contribution in [0.4, 0.5) is 0 Å². The van der Waals surface area contributed by atoms with E-state index in [1.165, 1.54) is 32.4 Å². The fraction of sp³-hybridized carbons (Fsp3) is 0.556. The Hall–Kier alpha value is -1.88. The highest BCUT2D eigenvalue weighted by molar-refractivity contribution is 6.05. The lowest BCUT2D eigenvalue weighted by atomic mass is 9.94. The number of benzene rings is 1. The summed E-state index contributed by atoms with van der Waals surface area (Å²) >= 11 is 0. The quantitative estimate of drug-likeness (QED) is 0.908. The number of carbonyl (C=O) groups is 1. The average molecular weight is 315 g/mol. The Kier molecular flexibility index (Phi) is 5.28. The summed E-state index contributed by atoms with van der Waals surface area (Å²) < 4.78 is 5.84. The number of rotatable bonds is 5. The van der Waals surface area contributed by atoms with E-state index in [9.17, 15) is 4.79 Å². The first kappa shape index (κ1) is 16.0. The Morgan fingerprint density at radius 1 is 1.22 bits per heavy atom. The molecule has 1 fully saturated rings. The molecule has 0 aliphatic carbocycles. The van der Waals surface area contributed by atoms with Crippen LogP contribution < -0.4 is 10.2 Å². The number of hydrogen-bond acceptors (Lipinski definition) is 4. The number of ether oxygens (including phenoxy) is 1. The molecule has 1 atom stereocenters. The van der Waals surface area contributed by atoms with Crippen molar-refractivity contribution in [1.82, 2.24) is 10.3 Å². The van der Waals surface area contributed by atoms with E-state index in [2.05, 4.69) is 15.4 Å². The lowest BCUT2D eigenvalue weighted by Gasteiger charge is -2.26. The monoisotopic (exact) mass is 315 g/mol. The summed E-state index contributed by atoms with van der Waals surface area (Å²) in [5, 5.41) is 4.18. The molecule has 5 nitrogen and oxygen atoms in total. The van der Waals surface area contributed by atoms with E-state index < -0.39 is 0 Å². The summed E-state index contributed by atoms with van der Waals surface area (Å²) in [6.07, 6.45) is 4.48. The molecule has 1 aromatic rings. The van der Waals surface area contributed by atoms with Crippen molar-refractivity contribution >= 4 is 11.6 Å². The molecule has 0 aromatic heterocycles. The Morgan fingerprint density at radius 2 is 1.96 bits per heavy atom. The highest BCUT2D eigenvalue weighted by Gasteiger charge is 2.21. The molecule has 1 unspecified atom stereocenters. The zero-order valence-corrected chi connectivity index (χ0v) is 13.8. The molecular formula is C18H25N3O2. The Morgan fingerprint density at radius 3 is 2.65 bits per heavy atom. The van der Waals surface area contributed by atoms with Gasteiger partial charge in [0.25, 0.3) is 0 Å². The van der Waals surface area contributed by atoms with Gasteiger partial charge in [-0.15, -0.1) is 0 Å². The molecule has 5 heteroatoms. The first-order valence-corrected chi connectivity index (χ1v) is 8.54. The third-order valence-corrected chi connectivity index (χ3v) is 4.53. The fourth-order valence-corrected chi connectivity index (χ4v) is 3.20. The molecule has 0 bridgehead atoms. The van der Waals surface area contributed by atoms with Gasteiger partial charge in [-0.25, -0.2) is 5.43 Å². The second-order valence-electron chi connectivity index (χ2n) is 6.41. The zero-order chi connectivity index (χ0) is 16.1. The van der Waals surface area contributed by atoms with Gasteiger partial charge in [-0.05, 0) is 55.8 Å². The van der Waals surface area contributed by atoms with E-state index in [0.29, 0.717) is 6.42 Å². The highest BCUT2D eigenvalue weighted by atomic mass is 16.5. The van der Waals surface area contributed by atoms with E-state index in [-0.39, 0.29) is 11.8 Å². The fourth-order valence-electron chi connectivity index (χ4n) is 3.20. The minimum atomic E-state index is -0.0149. The van der Waals surface area contributed by atoms with Crippen molar-refractivity contribution in [2.75, 3.05) is 26.2 Å². The van der Waals surface area contributed by atoms with Gasteiger partial charge in [0.2, 0.25) is 5.91 Å². The van der Waals surface area contributed by atoms with E-state index >= 15 is 0 Å².